The second-order valence-corrected chi connectivity index (χ2v) is 30.8. The molecule has 6 saturated heterocycles. The zero-order valence-electron chi connectivity index (χ0n) is 54.4. The molecule has 0 aromatic heterocycles. The second-order valence-electron chi connectivity index (χ2n) is 30.8. The first kappa shape index (κ1) is 74.2. The van der Waals surface area contributed by atoms with Gasteiger partial charge in [-0.15, -0.1) is 0 Å². The minimum atomic E-state index is -2.09. The van der Waals surface area contributed by atoms with Crippen LogP contribution < -0.4 is 0 Å². The van der Waals surface area contributed by atoms with Crippen molar-refractivity contribution in [3.8, 4) is 0 Å². The summed E-state index contributed by atoms with van der Waals surface area (Å²) >= 11 is 0. The van der Waals surface area contributed by atoms with Crippen molar-refractivity contribution in [2.45, 2.75) is 277 Å². The number of allylic oxidation sites excluding steroid dienone is 2. The number of esters is 1. The molecule has 0 amide bonds. The maximum absolute atomic E-state index is 15.5. The minimum absolute atomic E-state index is 0.0729. The van der Waals surface area contributed by atoms with E-state index in [4.69, 9.17) is 56.8 Å². The van der Waals surface area contributed by atoms with Crippen molar-refractivity contribution < 1.29 is 159 Å². The summed E-state index contributed by atoms with van der Waals surface area (Å²) in [5.41, 5.74) is -6.58. The quantitative estimate of drug-likeness (QED) is 0.0388. The topological polar surface area (TPSA) is 512 Å². The van der Waals surface area contributed by atoms with Gasteiger partial charge < -0.3 is 154 Å². The Balaban J connectivity index is 0.796. The summed E-state index contributed by atoms with van der Waals surface area (Å²) in [6.45, 7) is 9.12. The predicted molar refractivity (Wildman–Crippen MR) is 313 cm³/mol. The van der Waals surface area contributed by atoms with E-state index in [1.165, 1.54) is 6.92 Å². The van der Waals surface area contributed by atoms with Gasteiger partial charge >= 0.3 is 5.97 Å². The Hall–Kier alpha value is -1.99. The number of rotatable bonds is 16. The smallest absolute Gasteiger partial charge is 0.317 e. The van der Waals surface area contributed by atoms with E-state index in [1.807, 2.05) is 0 Å². The monoisotopic (exact) mass is 1370 g/mol. The fourth-order valence-electron chi connectivity index (χ4n) is 18.9. The van der Waals surface area contributed by atoms with E-state index in [0.717, 1.165) is 5.57 Å². The molecule has 32 nitrogen and oxygen atoms in total. The predicted octanol–water partition coefficient (Wildman–Crippen LogP) is -6.53. The molecule has 0 radical (unpaired) electrons. The lowest BCUT2D eigenvalue weighted by Crippen LogP contribution is -2.71. The molecular weight excluding hydrogens is 1270 g/mol. The van der Waals surface area contributed by atoms with Crippen LogP contribution in [0.4, 0.5) is 0 Å². The van der Waals surface area contributed by atoms with Crippen LogP contribution in [0.15, 0.2) is 11.6 Å². The van der Waals surface area contributed by atoms with Crippen molar-refractivity contribution in [3.63, 3.8) is 0 Å². The zero-order chi connectivity index (χ0) is 69.4. The lowest BCUT2D eigenvalue weighted by Gasteiger charge is -2.72. The summed E-state index contributed by atoms with van der Waals surface area (Å²) in [4.78, 5) is 15.5. The minimum Gasteiger partial charge on any atom is -0.432 e. The number of ether oxygens (including phenoxy) is 12. The molecule has 32 heteroatoms. The SMILES string of the molecule is C[C@@H]1O[C@@H](O[C@H]2[C@H](OC(=O)[C@]34CCC(C)(C)C[C@H]3C3=CC[C@@H]5[C@@]6(C)C[C@H](O)[C@H](O[C@@H]7O[C@H](CO)[C@@H](O)[C@H](O[C@@H]8O[C@H](CO)[C@@H](O)[C@H](O)[C@H]8O)[C@H]7O)[C@@](C)(CO)[C@@H]6CC[C@@]5(C)[C@]3(C)C[C@H]4O)OC[C@H](O)[C@@H]2O)[C@H](O)[C@H](O)[C@H]1O[C@@H]1OC[C@@H](O)[C@H](O[C@@H]2OC[C@](O)(CO)[C@H]2O)[C@H]1O. The van der Waals surface area contributed by atoms with E-state index >= 15 is 4.79 Å². The van der Waals surface area contributed by atoms with Gasteiger partial charge in [0.15, 0.2) is 37.6 Å². The van der Waals surface area contributed by atoms with Crippen LogP contribution in [0.1, 0.15) is 99.8 Å². The van der Waals surface area contributed by atoms with E-state index < -0.39 is 263 Å². The fourth-order valence-corrected chi connectivity index (χ4v) is 18.9. The number of fused-ring (bicyclic) bond motifs is 7. The molecule has 0 spiro atoms. The molecule has 10 fully saturated rings. The molecule has 0 unspecified atom stereocenters. The molecule has 5 aliphatic carbocycles. The first-order valence-corrected chi connectivity index (χ1v) is 33.2. The normalized spacial score (nSPS) is 55.5. The van der Waals surface area contributed by atoms with Gasteiger partial charge in [0, 0.05) is 5.41 Å². The third kappa shape index (κ3) is 12.3. The summed E-state index contributed by atoms with van der Waals surface area (Å²) in [5.74, 6) is -2.12. The zero-order valence-corrected chi connectivity index (χ0v) is 54.4. The van der Waals surface area contributed by atoms with Gasteiger partial charge in [0.25, 0.3) is 0 Å². The Morgan fingerprint density at radius 2 is 1.13 bits per heavy atom. The molecule has 19 N–H and O–H groups in total. The molecule has 11 aliphatic rings. The van der Waals surface area contributed by atoms with E-state index in [1.54, 1.807) is 6.92 Å². The van der Waals surface area contributed by atoms with Gasteiger partial charge in [-0.05, 0) is 97.7 Å². The maximum Gasteiger partial charge on any atom is 0.317 e. The third-order valence-corrected chi connectivity index (χ3v) is 24.7. The highest BCUT2D eigenvalue weighted by molar-refractivity contribution is 5.80. The van der Waals surface area contributed by atoms with Crippen LogP contribution in [0, 0.1) is 50.2 Å². The Morgan fingerprint density at radius 3 is 1.78 bits per heavy atom. The summed E-state index contributed by atoms with van der Waals surface area (Å²) in [6, 6.07) is 0. The molecule has 0 aromatic carbocycles. The maximum atomic E-state index is 15.5. The molecule has 0 aromatic rings. The van der Waals surface area contributed by atoms with Crippen LogP contribution in [0.25, 0.3) is 0 Å². The lowest BCUT2D eigenvalue weighted by atomic mass is 9.33. The van der Waals surface area contributed by atoms with Crippen LogP contribution in [0.2, 0.25) is 0 Å². The number of carbonyl (C=O) groups excluding carboxylic acids is 1. The molecule has 0 bridgehead atoms. The standard InChI is InChI=1S/C63H102O32/c1-24-44(90-50-42(79)45(29(70)20-84-50)91-55-48(81)62(83,22-67)23-86-55)39(76)41(78)51(87-24)93-47-35(72)28(69)19-85-54(47)95-56(82)63-13-12-57(2,3)14-26(63)25-8-9-33-58(4)15-27(68)49(59(5,21-66)32(58)10-11-60(33,6)61(25,7)16-34(63)71)94-53-43(80)46(37(74)31(18-65)89-53)92-52-40(77)38(75)36(73)30(17-64)88-52/h8,24,26-55,64-81,83H,9-23H2,1-7H3/t24-,26-,27-,28-,29+,30+,31+,32+,33+,34+,35-,36+,37+,38-,39-,40+,41+,42+,43+,44-,45-,46-,47+,48-,49-,50-,51-,52-,53-,54-,55-,58-,59-,60+,61+,62+,63+/m0/s1. The lowest BCUT2D eigenvalue weighted by molar-refractivity contribution is -0.375. The van der Waals surface area contributed by atoms with Crippen LogP contribution in [0.3, 0.4) is 0 Å². The van der Waals surface area contributed by atoms with Crippen LogP contribution >= 0.6 is 0 Å². The van der Waals surface area contributed by atoms with Crippen molar-refractivity contribution in [2.24, 2.45) is 50.2 Å². The van der Waals surface area contributed by atoms with Crippen molar-refractivity contribution in [3.05, 3.63) is 11.6 Å². The second kappa shape index (κ2) is 27.3. The van der Waals surface area contributed by atoms with Crippen molar-refractivity contribution in [1.82, 2.24) is 0 Å². The van der Waals surface area contributed by atoms with Gasteiger partial charge in [-0.1, -0.05) is 53.2 Å². The Morgan fingerprint density at radius 1 is 0.537 bits per heavy atom. The van der Waals surface area contributed by atoms with Crippen LogP contribution in [-0.4, -0.2) is 327 Å². The number of hydrogen-bond acceptors (Lipinski definition) is 32. The highest BCUT2D eigenvalue weighted by Crippen LogP contribution is 2.76. The largest absolute Gasteiger partial charge is 0.432 e. The summed E-state index contributed by atoms with van der Waals surface area (Å²) in [7, 11) is 0. The number of carbonyl (C=O) groups is 1. The molecule has 37 atom stereocenters. The van der Waals surface area contributed by atoms with Crippen LogP contribution in [-0.2, 0) is 61.6 Å². The fraction of sp³-hybridized carbons (Fsp3) is 0.952. The van der Waals surface area contributed by atoms with Crippen molar-refractivity contribution in [1.29, 1.82) is 0 Å². The van der Waals surface area contributed by atoms with E-state index in [-0.39, 0.29) is 36.5 Å². The van der Waals surface area contributed by atoms with Gasteiger partial charge in [0.1, 0.15) is 115 Å². The van der Waals surface area contributed by atoms with E-state index in [2.05, 4.69) is 40.7 Å². The Bertz CT molecular complexity index is 2700. The average molecular weight is 1370 g/mol. The molecule has 546 valence electrons. The number of hydrogen-bond donors (Lipinski definition) is 19. The van der Waals surface area contributed by atoms with Gasteiger partial charge in [-0.25, -0.2) is 0 Å². The van der Waals surface area contributed by atoms with Crippen LogP contribution in [0.5, 0.6) is 0 Å². The van der Waals surface area contributed by atoms with Gasteiger partial charge in [-0.3, -0.25) is 4.79 Å². The van der Waals surface area contributed by atoms with Crippen molar-refractivity contribution in [2.75, 3.05) is 46.2 Å². The van der Waals surface area contributed by atoms with E-state index in [0.29, 0.717) is 32.1 Å². The number of aliphatic hydroxyl groups is 19. The molecule has 4 saturated carbocycles. The van der Waals surface area contributed by atoms with E-state index in [9.17, 15) is 97.0 Å². The molecule has 11 rings (SSSR count). The van der Waals surface area contributed by atoms with Crippen molar-refractivity contribution >= 4 is 5.97 Å². The summed E-state index contributed by atoms with van der Waals surface area (Å²) in [6.07, 6.45) is -41.9. The number of aliphatic hydroxyl groups excluding tert-OH is 18. The molecule has 6 heterocycles. The van der Waals surface area contributed by atoms with Gasteiger partial charge in [0.2, 0.25) is 6.29 Å². The first-order valence-electron chi connectivity index (χ1n) is 33.2. The Kier molecular flexibility index (Phi) is 21.3. The average Bonchev–Trinajstić information content (AvgIpc) is 0.927. The summed E-state index contributed by atoms with van der Waals surface area (Å²) in [5, 5.41) is 210. The highest BCUT2D eigenvalue weighted by atomic mass is 16.8. The molecular formula is C63H102O32. The Labute approximate surface area is 548 Å². The van der Waals surface area contributed by atoms with Gasteiger partial charge in [-0.2, -0.15) is 0 Å². The molecule has 6 aliphatic heterocycles. The summed E-state index contributed by atoms with van der Waals surface area (Å²) < 4.78 is 70.5. The highest BCUT2D eigenvalue weighted by Gasteiger charge is 2.74. The third-order valence-electron chi connectivity index (χ3n) is 24.7. The van der Waals surface area contributed by atoms with Gasteiger partial charge in [0.05, 0.1) is 70.7 Å². The first-order chi connectivity index (χ1) is 44.5. The molecule has 95 heavy (non-hydrogen) atoms.